The van der Waals surface area contributed by atoms with Crippen LogP contribution in [0.3, 0.4) is 0 Å². The summed E-state index contributed by atoms with van der Waals surface area (Å²) in [7, 11) is 0. The summed E-state index contributed by atoms with van der Waals surface area (Å²) in [4.78, 5) is 4.26. The second kappa shape index (κ2) is 5.42. The lowest BCUT2D eigenvalue weighted by atomic mass is 10.2. The summed E-state index contributed by atoms with van der Waals surface area (Å²) in [6.45, 7) is 7.34. The van der Waals surface area contributed by atoms with E-state index in [2.05, 4.69) is 28.8 Å². The highest BCUT2D eigenvalue weighted by atomic mass is 32.1. The fourth-order valence-corrected chi connectivity index (χ4v) is 1.76. The van der Waals surface area contributed by atoms with Gasteiger partial charge in [0.2, 0.25) is 0 Å². The van der Waals surface area contributed by atoms with Gasteiger partial charge in [0.05, 0.1) is 5.52 Å². The lowest BCUT2D eigenvalue weighted by Crippen LogP contribution is -2.26. The van der Waals surface area contributed by atoms with Crippen LogP contribution in [-0.4, -0.2) is 10.1 Å². The van der Waals surface area contributed by atoms with Crippen molar-refractivity contribution < 1.29 is 0 Å². The Balaban J connectivity index is 2.14. The lowest BCUT2D eigenvalue weighted by Gasteiger charge is -2.10. The molecule has 18 heavy (non-hydrogen) atoms. The van der Waals surface area contributed by atoms with Crippen LogP contribution in [0.5, 0.6) is 0 Å². The molecule has 2 rings (SSSR count). The van der Waals surface area contributed by atoms with E-state index in [1.165, 1.54) is 0 Å². The summed E-state index contributed by atoms with van der Waals surface area (Å²) in [6, 6.07) is 9.78. The van der Waals surface area contributed by atoms with Gasteiger partial charge in [-0.3, -0.25) is 4.98 Å². The van der Waals surface area contributed by atoms with Gasteiger partial charge in [-0.05, 0) is 42.6 Å². The van der Waals surface area contributed by atoms with Crippen molar-refractivity contribution in [1.29, 1.82) is 0 Å². The van der Waals surface area contributed by atoms with Crippen LogP contribution in [0.4, 0.5) is 5.69 Å². The minimum absolute atomic E-state index is 0.489. The van der Waals surface area contributed by atoms with Gasteiger partial charge in [-0.25, -0.2) is 0 Å². The van der Waals surface area contributed by atoms with Crippen LogP contribution in [0.1, 0.15) is 0 Å². The van der Waals surface area contributed by atoms with Gasteiger partial charge in [0.1, 0.15) is 0 Å². The number of aromatic nitrogens is 1. The Morgan fingerprint density at radius 3 is 2.94 bits per heavy atom. The third kappa shape index (κ3) is 2.93. The molecule has 2 N–H and O–H groups in total. The van der Waals surface area contributed by atoms with Gasteiger partial charge in [-0.2, -0.15) is 0 Å². The van der Waals surface area contributed by atoms with E-state index in [0.717, 1.165) is 16.6 Å². The van der Waals surface area contributed by atoms with Crippen LogP contribution < -0.4 is 10.6 Å². The largest absolute Gasteiger partial charge is 0.333 e. The quantitative estimate of drug-likeness (QED) is 0.652. The van der Waals surface area contributed by atoms with Crippen molar-refractivity contribution in [2.45, 2.75) is 0 Å². The van der Waals surface area contributed by atoms with E-state index in [1.54, 1.807) is 12.3 Å². The normalized spacial score (nSPS) is 9.78. The number of nitrogens with one attached hydrogen (secondary N) is 2. The molecule has 0 aliphatic rings. The molecule has 90 valence electrons. The zero-order valence-electron chi connectivity index (χ0n) is 9.81. The molecule has 0 atom stereocenters. The maximum atomic E-state index is 5.15. The summed E-state index contributed by atoms with van der Waals surface area (Å²) < 4.78 is 0. The molecule has 0 saturated carbocycles. The number of anilines is 1. The van der Waals surface area contributed by atoms with Gasteiger partial charge in [0.15, 0.2) is 5.11 Å². The summed E-state index contributed by atoms with van der Waals surface area (Å²) in [6.07, 6.45) is 3.38. The number of hydrogen-bond acceptors (Lipinski definition) is 2. The predicted octanol–water partition coefficient (Wildman–Crippen LogP) is 3.22. The number of rotatable bonds is 3. The van der Waals surface area contributed by atoms with Crippen molar-refractivity contribution in [3.63, 3.8) is 0 Å². The third-order valence-corrected chi connectivity index (χ3v) is 2.59. The fourth-order valence-electron chi connectivity index (χ4n) is 1.51. The predicted molar refractivity (Wildman–Crippen MR) is 80.4 cm³/mol. The molecular weight excluding hydrogens is 242 g/mol. The first-order valence-electron chi connectivity index (χ1n) is 5.43. The van der Waals surface area contributed by atoms with Gasteiger partial charge in [-0.15, -0.1) is 0 Å². The SMILES string of the molecule is C=CC(=C)NC(=S)Nc1ccc2ncccc2c1. The fraction of sp³-hybridized carbons (Fsp3) is 0. The molecule has 4 heteroatoms. The maximum Gasteiger partial charge on any atom is 0.175 e. The minimum atomic E-state index is 0.489. The molecule has 0 unspecified atom stereocenters. The molecular formula is C14H13N3S. The molecule has 0 saturated heterocycles. The third-order valence-electron chi connectivity index (χ3n) is 2.38. The summed E-state index contributed by atoms with van der Waals surface area (Å²) in [5, 5.41) is 7.55. The molecule has 2 aromatic rings. The second-order valence-corrected chi connectivity index (χ2v) is 4.13. The van der Waals surface area contributed by atoms with Crippen molar-refractivity contribution in [2.24, 2.45) is 0 Å². The lowest BCUT2D eigenvalue weighted by molar-refractivity contribution is 1.21. The van der Waals surface area contributed by atoms with E-state index < -0.39 is 0 Å². The van der Waals surface area contributed by atoms with Crippen LogP contribution in [0, 0.1) is 0 Å². The average Bonchev–Trinajstić information content (AvgIpc) is 2.38. The van der Waals surface area contributed by atoms with Gasteiger partial charge < -0.3 is 10.6 Å². The zero-order chi connectivity index (χ0) is 13.0. The van der Waals surface area contributed by atoms with Crippen LogP contribution in [0.25, 0.3) is 10.9 Å². The molecule has 0 fully saturated rings. The number of pyridine rings is 1. The van der Waals surface area contributed by atoms with Gasteiger partial charge in [-0.1, -0.05) is 19.2 Å². The monoisotopic (exact) mass is 255 g/mol. The van der Waals surface area contributed by atoms with Crippen molar-refractivity contribution in [1.82, 2.24) is 10.3 Å². The van der Waals surface area contributed by atoms with Crippen molar-refractivity contribution in [2.75, 3.05) is 5.32 Å². The highest BCUT2D eigenvalue weighted by molar-refractivity contribution is 7.80. The Morgan fingerprint density at radius 1 is 1.33 bits per heavy atom. The summed E-state index contributed by atoms with van der Waals surface area (Å²) >= 11 is 5.15. The van der Waals surface area contributed by atoms with E-state index in [0.29, 0.717) is 10.8 Å². The standard InChI is InChI=1S/C14H13N3S/c1-3-10(2)16-14(18)17-12-6-7-13-11(9-12)5-4-8-15-13/h3-9H,1-2H2,(H2,16,17,18). The number of thiocarbonyl (C=S) groups is 1. The van der Waals surface area contributed by atoms with Crippen molar-refractivity contribution >= 4 is 33.9 Å². The molecule has 1 aromatic heterocycles. The molecule has 0 aliphatic heterocycles. The molecule has 0 spiro atoms. The number of nitrogens with zero attached hydrogens (tertiary/aromatic N) is 1. The van der Waals surface area contributed by atoms with Gasteiger partial charge >= 0.3 is 0 Å². The second-order valence-electron chi connectivity index (χ2n) is 3.72. The highest BCUT2D eigenvalue weighted by Crippen LogP contribution is 2.16. The Hall–Kier alpha value is -2.20. The average molecular weight is 255 g/mol. The topological polar surface area (TPSA) is 37.0 Å². The molecule has 0 bridgehead atoms. The van der Waals surface area contributed by atoms with Crippen molar-refractivity contribution in [3.05, 3.63) is 61.5 Å². The molecule has 0 aliphatic carbocycles. The maximum absolute atomic E-state index is 5.15. The van der Waals surface area contributed by atoms with E-state index in [4.69, 9.17) is 12.2 Å². The van der Waals surface area contributed by atoms with E-state index in [1.807, 2.05) is 30.3 Å². The Morgan fingerprint density at radius 2 is 2.17 bits per heavy atom. The van der Waals surface area contributed by atoms with Crippen molar-refractivity contribution in [3.8, 4) is 0 Å². The van der Waals surface area contributed by atoms with Crippen LogP contribution in [-0.2, 0) is 0 Å². The van der Waals surface area contributed by atoms with E-state index in [9.17, 15) is 0 Å². The summed E-state index contributed by atoms with van der Waals surface area (Å²) in [5.74, 6) is 0. The first kappa shape index (κ1) is 12.3. The first-order valence-corrected chi connectivity index (χ1v) is 5.84. The molecule has 0 radical (unpaired) electrons. The molecule has 1 aromatic carbocycles. The van der Waals surface area contributed by atoms with E-state index in [-0.39, 0.29) is 0 Å². The molecule has 1 heterocycles. The number of benzene rings is 1. The Kier molecular flexibility index (Phi) is 3.69. The number of allylic oxidation sites excluding steroid dienone is 1. The summed E-state index contributed by atoms with van der Waals surface area (Å²) in [5.41, 5.74) is 2.53. The first-order chi connectivity index (χ1) is 8.69. The molecule has 3 nitrogen and oxygen atoms in total. The number of fused-ring (bicyclic) bond motifs is 1. The van der Waals surface area contributed by atoms with Crippen LogP contribution in [0.15, 0.2) is 61.5 Å². The smallest absolute Gasteiger partial charge is 0.175 e. The van der Waals surface area contributed by atoms with E-state index >= 15 is 0 Å². The van der Waals surface area contributed by atoms with Gasteiger partial charge in [0, 0.05) is 23.0 Å². The van der Waals surface area contributed by atoms with Crippen LogP contribution >= 0.6 is 12.2 Å². The molecule has 0 amide bonds. The van der Waals surface area contributed by atoms with Gasteiger partial charge in [0.25, 0.3) is 0 Å². The number of hydrogen-bond donors (Lipinski definition) is 2. The Bertz CT molecular complexity index is 619. The highest BCUT2D eigenvalue weighted by Gasteiger charge is 1.99. The Labute approximate surface area is 111 Å². The zero-order valence-corrected chi connectivity index (χ0v) is 10.6. The minimum Gasteiger partial charge on any atom is -0.333 e. The van der Waals surface area contributed by atoms with Crippen LogP contribution in [0.2, 0.25) is 0 Å².